The fourth-order valence-electron chi connectivity index (χ4n) is 3.86. The van der Waals surface area contributed by atoms with E-state index in [9.17, 15) is 0 Å². The molecule has 0 unspecified atom stereocenters. The minimum Gasteiger partial charge on any atom is -0.319 e. The van der Waals surface area contributed by atoms with E-state index in [0.29, 0.717) is 0 Å². The predicted octanol–water partition coefficient (Wildman–Crippen LogP) is 5.09. The van der Waals surface area contributed by atoms with Crippen LogP contribution in [-0.4, -0.2) is 4.98 Å². The normalized spacial score (nSPS) is 24.0. The number of fused-ring (bicyclic) bond motifs is 1. The van der Waals surface area contributed by atoms with Gasteiger partial charge in [0.05, 0.1) is 11.2 Å². The van der Waals surface area contributed by atoms with E-state index in [-0.39, 0.29) is 5.54 Å². The van der Waals surface area contributed by atoms with E-state index in [1.165, 1.54) is 92.6 Å². The van der Waals surface area contributed by atoms with Gasteiger partial charge in [0.1, 0.15) is 5.01 Å². The van der Waals surface area contributed by atoms with E-state index >= 15 is 0 Å². The first-order chi connectivity index (χ1) is 10.3. The van der Waals surface area contributed by atoms with E-state index in [2.05, 4.69) is 0 Å². The molecule has 0 radical (unpaired) electrons. The smallest absolute Gasteiger partial charge is 0.113 e. The van der Waals surface area contributed by atoms with Crippen LogP contribution in [0.3, 0.4) is 0 Å². The monoisotopic (exact) mass is 306 g/mol. The summed E-state index contributed by atoms with van der Waals surface area (Å²) in [5.74, 6) is 0. The highest BCUT2D eigenvalue weighted by atomic mass is 32.1. The summed E-state index contributed by atoms with van der Waals surface area (Å²) in [5.41, 5.74) is 8.11. The molecule has 0 bridgehead atoms. The zero-order valence-corrected chi connectivity index (χ0v) is 14.1. The van der Waals surface area contributed by atoms with Crippen molar-refractivity contribution in [2.45, 2.75) is 95.4 Å². The van der Waals surface area contributed by atoms with Crippen LogP contribution < -0.4 is 5.73 Å². The summed E-state index contributed by atoms with van der Waals surface area (Å²) in [7, 11) is 0. The fraction of sp³-hybridized carbons (Fsp3) is 0.833. The van der Waals surface area contributed by atoms with Crippen molar-refractivity contribution in [1.29, 1.82) is 0 Å². The van der Waals surface area contributed by atoms with Crippen LogP contribution in [-0.2, 0) is 18.4 Å². The van der Waals surface area contributed by atoms with Gasteiger partial charge in [-0.15, -0.1) is 11.3 Å². The number of hydrogen-bond donors (Lipinski definition) is 1. The summed E-state index contributed by atoms with van der Waals surface area (Å²) in [4.78, 5) is 6.48. The van der Waals surface area contributed by atoms with Gasteiger partial charge in [0, 0.05) is 4.88 Å². The van der Waals surface area contributed by atoms with Crippen LogP contribution >= 0.6 is 11.3 Å². The fourth-order valence-corrected chi connectivity index (χ4v) is 5.17. The Morgan fingerprint density at radius 3 is 1.90 bits per heavy atom. The van der Waals surface area contributed by atoms with Crippen LogP contribution in [0.25, 0.3) is 0 Å². The van der Waals surface area contributed by atoms with Crippen molar-refractivity contribution in [2.24, 2.45) is 5.73 Å². The number of nitrogens with zero attached hydrogens (tertiary/aromatic N) is 1. The maximum atomic E-state index is 6.87. The number of nitrogens with two attached hydrogens (primary N) is 1. The van der Waals surface area contributed by atoms with Crippen LogP contribution in [0.4, 0.5) is 0 Å². The van der Waals surface area contributed by atoms with E-state index < -0.39 is 0 Å². The molecule has 0 atom stereocenters. The first-order valence-corrected chi connectivity index (χ1v) is 9.87. The molecule has 0 spiro atoms. The predicted molar refractivity (Wildman–Crippen MR) is 90.8 cm³/mol. The molecule has 0 aromatic carbocycles. The zero-order valence-electron chi connectivity index (χ0n) is 13.3. The molecular formula is C18H30N2S. The average molecular weight is 307 g/mol. The summed E-state index contributed by atoms with van der Waals surface area (Å²) in [6, 6.07) is 0. The van der Waals surface area contributed by atoms with Gasteiger partial charge in [0.2, 0.25) is 0 Å². The molecule has 2 aliphatic rings. The lowest BCUT2D eigenvalue weighted by Crippen LogP contribution is -2.36. The van der Waals surface area contributed by atoms with Crippen molar-refractivity contribution >= 4 is 11.3 Å². The minimum absolute atomic E-state index is 0.131. The standard InChI is InChI=1S/C18H30N2S/c19-18(17-20-15-11-10-12-16(15)21-17)13-8-6-4-2-1-3-5-7-9-14-18/h1-14,19H2. The van der Waals surface area contributed by atoms with Gasteiger partial charge in [0.15, 0.2) is 0 Å². The van der Waals surface area contributed by atoms with Gasteiger partial charge in [-0.3, -0.25) is 0 Å². The zero-order chi connectivity index (χ0) is 14.5. The SMILES string of the molecule is NC1(c2nc3c(s2)CCC3)CCCCCCCCCCC1. The Kier molecular flexibility index (Phi) is 5.33. The Bertz CT molecular complexity index is 419. The van der Waals surface area contributed by atoms with Gasteiger partial charge in [0.25, 0.3) is 0 Å². The molecule has 1 aromatic heterocycles. The number of rotatable bonds is 1. The summed E-state index contributed by atoms with van der Waals surface area (Å²) in [5, 5.41) is 1.25. The van der Waals surface area contributed by atoms with E-state index in [4.69, 9.17) is 10.7 Å². The largest absolute Gasteiger partial charge is 0.319 e. The molecule has 2 nitrogen and oxygen atoms in total. The number of thiazole rings is 1. The lowest BCUT2D eigenvalue weighted by Gasteiger charge is -2.28. The molecule has 1 aromatic rings. The molecule has 0 aliphatic heterocycles. The van der Waals surface area contributed by atoms with Crippen molar-refractivity contribution in [3.8, 4) is 0 Å². The summed E-state index contributed by atoms with van der Waals surface area (Å²) >= 11 is 1.93. The lowest BCUT2D eigenvalue weighted by atomic mass is 9.87. The van der Waals surface area contributed by atoms with E-state index in [0.717, 1.165) is 12.8 Å². The van der Waals surface area contributed by atoms with Gasteiger partial charge < -0.3 is 5.73 Å². The van der Waals surface area contributed by atoms with Crippen molar-refractivity contribution in [1.82, 2.24) is 4.98 Å². The first-order valence-electron chi connectivity index (χ1n) is 9.06. The molecule has 1 fully saturated rings. The highest BCUT2D eigenvalue weighted by Crippen LogP contribution is 2.37. The second-order valence-electron chi connectivity index (χ2n) is 7.08. The molecule has 2 N–H and O–H groups in total. The highest BCUT2D eigenvalue weighted by Gasteiger charge is 2.32. The van der Waals surface area contributed by atoms with Crippen molar-refractivity contribution < 1.29 is 0 Å². The van der Waals surface area contributed by atoms with Crippen molar-refractivity contribution in [3.05, 3.63) is 15.6 Å². The number of aromatic nitrogens is 1. The van der Waals surface area contributed by atoms with Crippen LogP contribution in [0.15, 0.2) is 0 Å². The summed E-state index contributed by atoms with van der Waals surface area (Å²) < 4.78 is 0. The molecule has 1 saturated carbocycles. The van der Waals surface area contributed by atoms with Crippen LogP contribution in [0.5, 0.6) is 0 Å². The van der Waals surface area contributed by atoms with Crippen molar-refractivity contribution in [2.75, 3.05) is 0 Å². The molecule has 21 heavy (non-hydrogen) atoms. The maximum absolute atomic E-state index is 6.87. The molecule has 0 amide bonds. The summed E-state index contributed by atoms with van der Waals surface area (Å²) in [6.07, 6.45) is 18.3. The van der Waals surface area contributed by atoms with Crippen molar-refractivity contribution in [3.63, 3.8) is 0 Å². The van der Waals surface area contributed by atoms with Gasteiger partial charge in [-0.2, -0.15) is 0 Å². The minimum atomic E-state index is -0.131. The molecule has 0 saturated heterocycles. The highest BCUT2D eigenvalue weighted by molar-refractivity contribution is 7.12. The van der Waals surface area contributed by atoms with Gasteiger partial charge in [-0.1, -0.05) is 57.8 Å². The molecule has 3 rings (SSSR count). The Labute approximate surface area is 133 Å². The number of aryl methyl sites for hydroxylation is 2. The van der Waals surface area contributed by atoms with Crippen LogP contribution in [0.2, 0.25) is 0 Å². The van der Waals surface area contributed by atoms with Gasteiger partial charge >= 0.3 is 0 Å². The third kappa shape index (κ3) is 3.87. The quantitative estimate of drug-likeness (QED) is 0.785. The molecule has 3 heteroatoms. The summed E-state index contributed by atoms with van der Waals surface area (Å²) in [6.45, 7) is 0. The average Bonchev–Trinajstić information content (AvgIpc) is 3.04. The molecule has 118 valence electrons. The second kappa shape index (κ2) is 7.23. The third-order valence-corrected chi connectivity index (χ3v) is 6.64. The molecule has 1 heterocycles. The Balaban J connectivity index is 1.70. The number of hydrogen-bond acceptors (Lipinski definition) is 3. The van der Waals surface area contributed by atoms with Crippen LogP contribution in [0.1, 0.15) is 92.6 Å². The van der Waals surface area contributed by atoms with Gasteiger partial charge in [-0.25, -0.2) is 4.98 Å². The second-order valence-corrected chi connectivity index (χ2v) is 8.16. The van der Waals surface area contributed by atoms with Gasteiger partial charge in [-0.05, 0) is 32.1 Å². The Hall–Kier alpha value is -0.410. The van der Waals surface area contributed by atoms with E-state index in [1.807, 2.05) is 11.3 Å². The third-order valence-electron chi connectivity index (χ3n) is 5.27. The maximum Gasteiger partial charge on any atom is 0.113 e. The van der Waals surface area contributed by atoms with Crippen LogP contribution in [0, 0.1) is 0 Å². The van der Waals surface area contributed by atoms with E-state index in [1.54, 1.807) is 0 Å². The topological polar surface area (TPSA) is 38.9 Å². The Morgan fingerprint density at radius 2 is 1.33 bits per heavy atom. The molecular weight excluding hydrogens is 276 g/mol. The lowest BCUT2D eigenvalue weighted by molar-refractivity contribution is 0.337. The first kappa shape index (κ1) is 15.5. The Morgan fingerprint density at radius 1 is 0.762 bits per heavy atom. The molecule has 2 aliphatic carbocycles.